The van der Waals surface area contributed by atoms with Crippen LogP contribution in [0.3, 0.4) is 0 Å². The second kappa shape index (κ2) is 19.5. The van der Waals surface area contributed by atoms with Crippen LogP contribution in [-0.2, 0) is 44.7 Å². The Labute approximate surface area is 322 Å². The molecule has 0 unspecified atom stereocenters. The molecule has 0 bridgehead atoms. The highest BCUT2D eigenvalue weighted by molar-refractivity contribution is 8.00. The lowest BCUT2D eigenvalue weighted by atomic mass is 9.81. The number of rotatable bonds is 14. The van der Waals surface area contributed by atoms with Gasteiger partial charge in [-0.1, -0.05) is 44.2 Å². The fraction of sp³-hybridized carbons (Fsp3) is 0.700. The molecule has 0 saturated carbocycles. The molecule has 13 heteroatoms. The summed E-state index contributed by atoms with van der Waals surface area (Å²) in [5, 5.41) is 2.87. The van der Waals surface area contributed by atoms with Crippen LogP contribution in [-0.4, -0.2) is 99.8 Å². The summed E-state index contributed by atoms with van der Waals surface area (Å²) < 4.78 is 10.1. The number of ether oxygens (including phenoxy) is 2. The van der Waals surface area contributed by atoms with Crippen LogP contribution in [0, 0.1) is 23.7 Å². The standard InChI is InChI=1S/C40H57N3O8S2/c1-25(2)22-27(33(44)24-29-18-20-52-34-14-8-12-31(39(48)50-3)42(34)37(29)46)16-17-28(23-26-10-6-5-7-11-26)36(45)41-30-19-21-53-35-15-9-13-32(40(49)51-4)43(35)38(30)47/h5-7,10-11,25,27-32,34-35H,8-9,12-24H2,1-4H3,(H,41,45)/t27-,28-,29-,30+,31+,32+,34+,35+/m1/s1. The van der Waals surface area contributed by atoms with Gasteiger partial charge in [-0.15, -0.1) is 23.5 Å². The summed E-state index contributed by atoms with van der Waals surface area (Å²) in [5.41, 5.74) is 0.988. The summed E-state index contributed by atoms with van der Waals surface area (Å²) >= 11 is 3.34. The van der Waals surface area contributed by atoms with Crippen molar-refractivity contribution < 1.29 is 38.2 Å². The van der Waals surface area contributed by atoms with Crippen molar-refractivity contribution in [3.05, 3.63) is 35.9 Å². The third kappa shape index (κ3) is 10.4. The highest BCUT2D eigenvalue weighted by atomic mass is 32.2. The largest absolute Gasteiger partial charge is 0.467 e. The number of ketones is 1. The van der Waals surface area contributed by atoms with Gasteiger partial charge in [-0.05, 0) is 100 Å². The SMILES string of the molecule is COC(=O)[C@@H]1CCC[C@@H]2SCC[C@H](CC(=O)[C@H](CC[C@H](Cc3ccccc3)C(=O)N[C@H]3CCS[C@H]4CCC[C@@H](C(=O)OC)N4C3=O)CC(C)C)C(=O)N21. The fourth-order valence-corrected chi connectivity index (χ4v) is 11.3. The number of hydrogen-bond donors (Lipinski definition) is 1. The Kier molecular flexibility index (Phi) is 15.1. The van der Waals surface area contributed by atoms with E-state index < -0.39 is 41.9 Å². The van der Waals surface area contributed by atoms with Gasteiger partial charge in [0.1, 0.15) is 23.9 Å². The first kappa shape index (κ1) is 41.1. The lowest BCUT2D eigenvalue weighted by Crippen LogP contribution is -2.57. The number of piperidine rings is 2. The van der Waals surface area contributed by atoms with Crippen molar-refractivity contribution in [1.29, 1.82) is 0 Å². The maximum Gasteiger partial charge on any atom is 0.328 e. The van der Waals surface area contributed by atoms with Crippen LogP contribution < -0.4 is 5.32 Å². The molecule has 0 aliphatic carbocycles. The normalized spacial score (nSPS) is 27.4. The van der Waals surface area contributed by atoms with E-state index in [4.69, 9.17) is 9.47 Å². The number of hydrogen-bond acceptors (Lipinski definition) is 10. The van der Waals surface area contributed by atoms with Crippen molar-refractivity contribution >= 4 is 59.0 Å². The molecule has 1 aromatic carbocycles. The highest BCUT2D eigenvalue weighted by Gasteiger charge is 2.45. The number of Topliss-reactive ketones (excluding diaryl/α,β-unsaturated/α-hetero) is 1. The maximum atomic E-state index is 14.2. The Bertz CT molecular complexity index is 1460. The van der Waals surface area contributed by atoms with Crippen LogP contribution in [0.1, 0.15) is 96.5 Å². The van der Waals surface area contributed by atoms with Crippen LogP contribution in [0.5, 0.6) is 0 Å². The average molecular weight is 772 g/mol. The fourth-order valence-electron chi connectivity index (χ4n) is 8.52. The van der Waals surface area contributed by atoms with Gasteiger partial charge in [-0.3, -0.25) is 19.2 Å². The topological polar surface area (TPSA) is 139 Å². The van der Waals surface area contributed by atoms with E-state index in [0.29, 0.717) is 57.1 Å². The molecular formula is C40H57N3O8S2. The molecule has 0 aromatic heterocycles. The third-order valence-corrected chi connectivity index (χ3v) is 13.9. The van der Waals surface area contributed by atoms with Crippen molar-refractivity contribution in [2.45, 2.75) is 126 Å². The van der Waals surface area contributed by atoms with Crippen molar-refractivity contribution in [2.24, 2.45) is 23.7 Å². The van der Waals surface area contributed by atoms with Gasteiger partial charge in [0.2, 0.25) is 17.7 Å². The van der Waals surface area contributed by atoms with Crippen LogP contribution in [0.25, 0.3) is 0 Å². The number of amides is 3. The number of nitrogens with one attached hydrogen (secondary N) is 1. The molecule has 53 heavy (non-hydrogen) atoms. The molecular weight excluding hydrogens is 715 g/mol. The molecule has 0 radical (unpaired) electrons. The Hall–Kier alpha value is -3.06. The molecule has 4 heterocycles. The molecule has 4 fully saturated rings. The molecule has 3 amide bonds. The second-order valence-electron chi connectivity index (χ2n) is 15.4. The third-order valence-electron chi connectivity index (χ3n) is 11.3. The van der Waals surface area contributed by atoms with Crippen LogP contribution >= 0.6 is 23.5 Å². The zero-order valence-electron chi connectivity index (χ0n) is 31.7. The van der Waals surface area contributed by atoms with Crippen molar-refractivity contribution in [1.82, 2.24) is 15.1 Å². The minimum Gasteiger partial charge on any atom is -0.467 e. The van der Waals surface area contributed by atoms with Gasteiger partial charge in [0.25, 0.3) is 0 Å². The molecule has 0 spiro atoms. The van der Waals surface area contributed by atoms with E-state index >= 15 is 0 Å². The first-order valence-electron chi connectivity index (χ1n) is 19.4. The molecule has 8 atom stereocenters. The number of benzene rings is 1. The van der Waals surface area contributed by atoms with E-state index in [9.17, 15) is 28.8 Å². The summed E-state index contributed by atoms with van der Waals surface area (Å²) in [6.07, 6.45) is 7.52. The van der Waals surface area contributed by atoms with Gasteiger partial charge in [0.05, 0.1) is 25.0 Å². The van der Waals surface area contributed by atoms with Gasteiger partial charge in [-0.2, -0.15) is 0 Å². The van der Waals surface area contributed by atoms with E-state index in [0.717, 1.165) is 37.0 Å². The predicted molar refractivity (Wildman–Crippen MR) is 206 cm³/mol. The Balaban J connectivity index is 1.30. The molecule has 1 N–H and O–H groups in total. The van der Waals surface area contributed by atoms with Crippen LogP contribution in [0.2, 0.25) is 0 Å². The number of methoxy groups -OCH3 is 2. The van der Waals surface area contributed by atoms with E-state index in [-0.39, 0.29) is 52.5 Å². The Morgan fingerprint density at radius 3 is 1.92 bits per heavy atom. The van der Waals surface area contributed by atoms with Gasteiger partial charge in [0, 0.05) is 24.2 Å². The van der Waals surface area contributed by atoms with Crippen molar-refractivity contribution in [3.63, 3.8) is 0 Å². The molecule has 292 valence electrons. The summed E-state index contributed by atoms with van der Waals surface area (Å²) in [4.78, 5) is 85.1. The molecule has 4 saturated heterocycles. The van der Waals surface area contributed by atoms with Crippen molar-refractivity contribution in [3.8, 4) is 0 Å². The first-order chi connectivity index (χ1) is 25.5. The smallest absolute Gasteiger partial charge is 0.328 e. The average Bonchev–Trinajstić information content (AvgIpc) is 3.42. The van der Waals surface area contributed by atoms with Crippen molar-refractivity contribution in [2.75, 3.05) is 25.7 Å². The van der Waals surface area contributed by atoms with Crippen LogP contribution in [0.4, 0.5) is 0 Å². The van der Waals surface area contributed by atoms with E-state index in [1.54, 1.807) is 33.3 Å². The highest BCUT2D eigenvalue weighted by Crippen LogP contribution is 2.38. The Morgan fingerprint density at radius 1 is 0.774 bits per heavy atom. The number of nitrogens with zero attached hydrogens (tertiary/aromatic N) is 2. The predicted octanol–water partition coefficient (Wildman–Crippen LogP) is 5.38. The summed E-state index contributed by atoms with van der Waals surface area (Å²) in [5.74, 6) is -1.13. The summed E-state index contributed by atoms with van der Waals surface area (Å²) in [7, 11) is 2.69. The van der Waals surface area contributed by atoms with E-state index in [1.807, 2.05) is 30.3 Å². The Morgan fingerprint density at radius 2 is 1.34 bits per heavy atom. The molecule has 11 nitrogen and oxygen atoms in total. The number of esters is 2. The maximum absolute atomic E-state index is 14.2. The minimum absolute atomic E-state index is 0.0203. The zero-order valence-corrected chi connectivity index (χ0v) is 33.3. The lowest BCUT2D eigenvalue weighted by molar-refractivity contribution is -0.157. The molecule has 5 rings (SSSR count). The minimum atomic E-state index is -0.761. The quantitative estimate of drug-likeness (QED) is 0.245. The van der Waals surface area contributed by atoms with Gasteiger partial charge in [-0.25, -0.2) is 9.59 Å². The molecule has 4 aliphatic rings. The van der Waals surface area contributed by atoms with Gasteiger partial charge >= 0.3 is 11.9 Å². The molecule has 4 aliphatic heterocycles. The van der Waals surface area contributed by atoms with E-state index in [1.165, 1.54) is 14.2 Å². The number of carbonyl (C=O) groups is 6. The number of thioether (sulfide) groups is 2. The van der Waals surface area contributed by atoms with Gasteiger partial charge < -0.3 is 24.6 Å². The summed E-state index contributed by atoms with van der Waals surface area (Å²) in [6, 6.07) is 7.72. The summed E-state index contributed by atoms with van der Waals surface area (Å²) in [6.45, 7) is 4.15. The molecule has 1 aromatic rings. The van der Waals surface area contributed by atoms with Gasteiger partial charge in [0.15, 0.2) is 0 Å². The second-order valence-corrected chi connectivity index (χ2v) is 17.9. The van der Waals surface area contributed by atoms with Crippen LogP contribution in [0.15, 0.2) is 30.3 Å². The zero-order chi connectivity index (χ0) is 38.1. The first-order valence-corrected chi connectivity index (χ1v) is 21.5. The monoisotopic (exact) mass is 771 g/mol. The lowest BCUT2D eigenvalue weighted by Gasteiger charge is -2.40. The number of fused-ring (bicyclic) bond motifs is 2. The van der Waals surface area contributed by atoms with E-state index in [2.05, 4.69) is 19.2 Å². The number of carbonyl (C=O) groups excluding carboxylic acids is 6.